The summed E-state index contributed by atoms with van der Waals surface area (Å²) >= 11 is 0. The van der Waals surface area contributed by atoms with E-state index in [0.29, 0.717) is 16.9 Å². The monoisotopic (exact) mass is 411 g/mol. The fourth-order valence-corrected chi connectivity index (χ4v) is 3.20. The van der Waals surface area contributed by atoms with E-state index < -0.39 is 6.04 Å². The summed E-state index contributed by atoms with van der Waals surface area (Å²) in [4.78, 5) is 30.2. The molecule has 0 fully saturated rings. The predicted molar refractivity (Wildman–Crippen MR) is 116 cm³/mol. The summed E-state index contributed by atoms with van der Waals surface area (Å²) in [6.45, 7) is 0.242. The van der Waals surface area contributed by atoms with Gasteiger partial charge in [-0.1, -0.05) is 54.6 Å². The normalized spacial score (nSPS) is 11.5. The molecule has 31 heavy (non-hydrogen) atoms. The van der Waals surface area contributed by atoms with E-state index in [-0.39, 0.29) is 18.4 Å². The molecule has 0 aliphatic carbocycles. The molecule has 7 nitrogen and oxygen atoms in total. The van der Waals surface area contributed by atoms with E-state index in [1.165, 1.54) is 0 Å². The van der Waals surface area contributed by atoms with Gasteiger partial charge in [-0.2, -0.15) is 5.10 Å². The van der Waals surface area contributed by atoms with E-state index in [9.17, 15) is 9.59 Å². The summed E-state index contributed by atoms with van der Waals surface area (Å²) in [7, 11) is 0. The molecule has 154 valence electrons. The second-order valence-corrected chi connectivity index (χ2v) is 6.84. The number of hydrogen-bond donors (Lipinski definition) is 2. The maximum Gasteiger partial charge on any atom is 0.252 e. The van der Waals surface area contributed by atoms with Gasteiger partial charge in [0.1, 0.15) is 6.04 Å². The molecule has 1 unspecified atom stereocenters. The highest BCUT2D eigenvalue weighted by atomic mass is 16.2. The van der Waals surface area contributed by atoms with E-state index in [4.69, 9.17) is 0 Å². The van der Waals surface area contributed by atoms with Gasteiger partial charge in [-0.25, -0.2) is 9.67 Å². The van der Waals surface area contributed by atoms with Crippen molar-refractivity contribution < 1.29 is 9.59 Å². The highest BCUT2D eigenvalue weighted by molar-refractivity contribution is 5.97. The smallest absolute Gasteiger partial charge is 0.252 e. The predicted octanol–water partition coefficient (Wildman–Crippen LogP) is 3.05. The molecule has 2 N–H and O–H groups in total. The number of aromatic nitrogens is 3. The average Bonchev–Trinajstić information content (AvgIpc) is 3.37. The quantitative estimate of drug-likeness (QED) is 0.489. The van der Waals surface area contributed by atoms with Crippen LogP contribution in [-0.2, 0) is 11.3 Å². The first-order valence-electron chi connectivity index (χ1n) is 9.85. The van der Waals surface area contributed by atoms with Crippen LogP contribution in [0.5, 0.6) is 0 Å². The molecule has 2 aromatic heterocycles. The lowest BCUT2D eigenvalue weighted by molar-refractivity contribution is -0.123. The second kappa shape index (κ2) is 9.49. The lowest BCUT2D eigenvalue weighted by Gasteiger charge is -2.19. The van der Waals surface area contributed by atoms with Gasteiger partial charge < -0.3 is 10.6 Å². The Kier molecular flexibility index (Phi) is 6.13. The van der Waals surface area contributed by atoms with Crippen molar-refractivity contribution in [2.75, 3.05) is 0 Å². The lowest BCUT2D eigenvalue weighted by Crippen LogP contribution is -2.40. The number of carbonyl (C=O) groups is 2. The zero-order chi connectivity index (χ0) is 21.5. The number of rotatable bonds is 7. The topological polar surface area (TPSA) is 88.9 Å². The number of pyridine rings is 1. The summed E-state index contributed by atoms with van der Waals surface area (Å²) in [6.07, 6.45) is 5.14. The number of nitrogens with one attached hydrogen (secondary N) is 2. The van der Waals surface area contributed by atoms with Gasteiger partial charge >= 0.3 is 0 Å². The Bertz CT molecular complexity index is 1150. The fraction of sp³-hybridized carbons (Fsp3) is 0.0833. The largest absolute Gasteiger partial charge is 0.350 e. The Morgan fingerprint density at radius 1 is 0.871 bits per heavy atom. The van der Waals surface area contributed by atoms with Crippen LogP contribution in [0.15, 0.2) is 97.5 Å². The third-order valence-electron chi connectivity index (χ3n) is 4.75. The molecule has 7 heteroatoms. The lowest BCUT2D eigenvalue weighted by atomic mass is 10.1. The molecule has 2 amide bonds. The zero-order valence-corrected chi connectivity index (χ0v) is 16.7. The van der Waals surface area contributed by atoms with Crippen LogP contribution >= 0.6 is 0 Å². The Morgan fingerprint density at radius 2 is 1.61 bits per heavy atom. The van der Waals surface area contributed by atoms with Gasteiger partial charge in [0.25, 0.3) is 5.91 Å². The van der Waals surface area contributed by atoms with Crippen molar-refractivity contribution in [3.63, 3.8) is 0 Å². The number of nitrogens with zero attached hydrogens (tertiary/aromatic N) is 3. The molecule has 4 aromatic rings. The van der Waals surface area contributed by atoms with Crippen LogP contribution in [-0.4, -0.2) is 26.6 Å². The Morgan fingerprint density at radius 3 is 2.32 bits per heavy atom. The molecule has 0 saturated carbocycles. The van der Waals surface area contributed by atoms with Gasteiger partial charge in [0.05, 0.1) is 0 Å². The SMILES string of the molecule is O=C(NC(C(=O)NCc1cccnc1-n1cccn1)c1ccccc1)c1ccccc1. The number of benzene rings is 2. The van der Waals surface area contributed by atoms with E-state index in [1.807, 2.05) is 48.5 Å². The van der Waals surface area contributed by atoms with Gasteiger partial charge in [-0.05, 0) is 29.8 Å². The number of hydrogen-bond acceptors (Lipinski definition) is 4. The molecule has 0 aliphatic heterocycles. The molecule has 0 aliphatic rings. The maximum absolute atomic E-state index is 13.1. The van der Waals surface area contributed by atoms with Gasteiger partial charge in [0, 0.05) is 36.3 Å². The van der Waals surface area contributed by atoms with Crippen molar-refractivity contribution in [3.8, 4) is 5.82 Å². The highest BCUT2D eigenvalue weighted by Gasteiger charge is 2.23. The molecule has 2 aromatic carbocycles. The van der Waals surface area contributed by atoms with Gasteiger partial charge in [0.15, 0.2) is 5.82 Å². The molecule has 0 saturated heterocycles. The molecule has 2 heterocycles. The molecular formula is C24H21N5O2. The van der Waals surface area contributed by atoms with Crippen LogP contribution < -0.4 is 10.6 Å². The summed E-state index contributed by atoms with van der Waals surface area (Å²) in [5.74, 6) is 0.00587. The van der Waals surface area contributed by atoms with E-state index in [1.54, 1.807) is 53.6 Å². The highest BCUT2D eigenvalue weighted by Crippen LogP contribution is 2.16. The van der Waals surface area contributed by atoms with Crippen LogP contribution in [0.1, 0.15) is 27.5 Å². The van der Waals surface area contributed by atoms with Crippen LogP contribution in [0.3, 0.4) is 0 Å². The maximum atomic E-state index is 13.1. The first-order chi connectivity index (χ1) is 15.2. The summed E-state index contributed by atoms with van der Waals surface area (Å²) in [5, 5.41) is 9.98. The molecule has 4 rings (SSSR count). The zero-order valence-electron chi connectivity index (χ0n) is 16.7. The molecular weight excluding hydrogens is 390 g/mol. The third-order valence-corrected chi connectivity index (χ3v) is 4.75. The molecule has 0 bridgehead atoms. The third kappa shape index (κ3) is 4.84. The van der Waals surface area contributed by atoms with E-state index in [0.717, 1.165) is 5.56 Å². The summed E-state index contributed by atoms with van der Waals surface area (Å²) in [6, 6.07) is 22.6. The summed E-state index contributed by atoms with van der Waals surface area (Å²) in [5.41, 5.74) is 1.99. The van der Waals surface area contributed by atoms with Crippen molar-refractivity contribution in [2.24, 2.45) is 0 Å². The second-order valence-electron chi connectivity index (χ2n) is 6.84. The minimum absolute atomic E-state index is 0.242. The minimum atomic E-state index is -0.835. The Balaban J connectivity index is 1.53. The van der Waals surface area contributed by atoms with Crippen molar-refractivity contribution in [1.29, 1.82) is 0 Å². The van der Waals surface area contributed by atoms with Gasteiger partial charge in [-0.3, -0.25) is 9.59 Å². The van der Waals surface area contributed by atoms with Crippen LogP contribution in [0, 0.1) is 0 Å². The standard InChI is InChI=1S/C24H21N5O2/c30-23(19-11-5-2-6-12-19)28-21(18-9-3-1-4-10-18)24(31)26-17-20-13-7-14-25-22(20)29-16-8-15-27-29/h1-16,21H,17H2,(H,26,31)(H,28,30). The Hall–Kier alpha value is -4.26. The van der Waals surface area contributed by atoms with E-state index >= 15 is 0 Å². The Labute approximate surface area is 179 Å². The number of amides is 2. The van der Waals surface area contributed by atoms with Crippen LogP contribution in [0.4, 0.5) is 0 Å². The first kappa shape index (κ1) is 20.0. The molecule has 0 radical (unpaired) electrons. The van der Waals surface area contributed by atoms with Crippen molar-refractivity contribution >= 4 is 11.8 Å². The van der Waals surface area contributed by atoms with Crippen LogP contribution in [0.2, 0.25) is 0 Å². The van der Waals surface area contributed by atoms with Crippen molar-refractivity contribution in [3.05, 3.63) is 114 Å². The summed E-state index contributed by atoms with van der Waals surface area (Å²) < 4.78 is 1.65. The first-order valence-corrected chi connectivity index (χ1v) is 9.85. The minimum Gasteiger partial charge on any atom is -0.350 e. The van der Waals surface area contributed by atoms with Gasteiger partial charge in [0.2, 0.25) is 5.91 Å². The van der Waals surface area contributed by atoms with Crippen molar-refractivity contribution in [2.45, 2.75) is 12.6 Å². The van der Waals surface area contributed by atoms with E-state index in [2.05, 4.69) is 20.7 Å². The molecule has 1 atom stereocenters. The fourth-order valence-electron chi connectivity index (χ4n) is 3.20. The van der Waals surface area contributed by atoms with Gasteiger partial charge in [-0.15, -0.1) is 0 Å². The average molecular weight is 411 g/mol. The number of carbonyl (C=O) groups excluding carboxylic acids is 2. The van der Waals surface area contributed by atoms with Crippen LogP contribution in [0.25, 0.3) is 5.82 Å². The molecule has 0 spiro atoms. The van der Waals surface area contributed by atoms with Crippen molar-refractivity contribution in [1.82, 2.24) is 25.4 Å².